The molecule has 0 amide bonds. The largest absolute Gasteiger partial charge is 0.389 e. The summed E-state index contributed by atoms with van der Waals surface area (Å²) in [5.41, 5.74) is -0.650. The van der Waals surface area contributed by atoms with Crippen LogP contribution in [0.15, 0.2) is 0 Å². The van der Waals surface area contributed by atoms with E-state index in [0.717, 1.165) is 25.9 Å². The SMILES string of the molecule is CC[C@@H]1CN(CC(C)(C)O)[C@@H](CC)CN1CC#N. The number of nitrogens with zero attached hydrogens (tertiary/aromatic N) is 3. The van der Waals surface area contributed by atoms with Crippen molar-refractivity contribution < 1.29 is 5.11 Å². The Morgan fingerprint density at radius 2 is 1.67 bits per heavy atom. The normalized spacial score (nSPS) is 27.1. The molecule has 0 aromatic rings. The topological polar surface area (TPSA) is 50.5 Å². The van der Waals surface area contributed by atoms with Crippen molar-refractivity contribution in [2.75, 3.05) is 26.2 Å². The van der Waals surface area contributed by atoms with Crippen LogP contribution >= 0.6 is 0 Å². The third-order valence-electron chi connectivity index (χ3n) is 3.73. The van der Waals surface area contributed by atoms with Gasteiger partial charge in [-0.05, 0) is 26.7 Å². The summed E-state index contributed by atoms with van der Waals surface area (Å²) < 4.78 is 0. The molecule has 4 heteroatoms. The maximum atomic E-state index is 10.0. The highest BCUT2D eigenvalue weighted by Gasteiger charge is 2.33. The van der Waals surface area contributed by atoms with Crippen molar-refractivity contribution in [3.05, 3.63) is 0 Å². The molecule has 1 aliphatic rings. The standard InChI is InChI=1S/C14H27N3O/c1-5-12-10-17(11-14(3,4)18)13(6-2)9-16(12)8-7-15/h12-13,18H,5-6,8-11H2,1-4H3/t12-,13+/m1/s1. The van der Waals surface area contributed by atoms with Gasteiger partial charge in [0.2, 0.25) is 0 Å². The molecule has 1 N–H and O–H groups in total. The van der Waals surface area contributed by atoms with Gasteiger partial charge in [-0.3, -0.25) is 9.80 Å². The number of hydrogen-bond donors (Lipinski definition) is 1. The fourth-order valence-electron chi connectivity index (χ4n) is 2.82. The van der Waals surface area contributed by atoms with Gasteiger partial charge < -0.3 is 5.11 Å². The molecule has 0 radical (unpaired) electrons. The van der Waals surface area contributed by atoms with Gasteiger partial charge in [0.25, 0.3) is 0 Å². The van der Waals surface area contributed by atoms with Crippen LogP contribution in [0.1, 0.15) is 40.5 Å². The molecule has 1 saturated heterocycles. The van der Waals surface area contributed by atoms with E-state index in [1.807, 2.05) is 13.8 Å². The summed E-state index contributed by atoms with van der Waals surface area (Å²) in [5.74, 6) is 0. The summed E-state index contributed by atoms with van der Waals surface area (Å²) in [7, 11) is 0. The number of nitriles is 1. The maximum Gasteiger partial charge on any atom is 0.0869 e. The highest BCUT2D eigenvalue weighted by Crippen LogP contribution is 2.21. The van der Waals surface area contributed by atoms with Crippen molar-refractivity contribution in [1.29, 1.82) is 5.26 Å². The number of hydrogen-bond acceptors (Lipinski definition) is 4. The second-order valence-corrected chi connectivity index (χ2v) is 5.95. The fraction of sp³-hybridized carbons (Fsp3) is 0.929. The van der Waals surface area contributed by atoms with Crippen molar-refractivity contribution in [3.8, 4) is 6.07 Å². The minimum absolute atomic E-state index is 0.440. The molecule has 0 aromatic carbocycles. The van der Waals surface area contributed by atoms with Crippen LogP contribution in [0.4, 0.5) is 0 Å². The Kier molecular flexibility index (Phi) is 5.58. The van der Waals surface area contributed by atoms with Crippen LogP contribution in [0.3, 0.4) is 0 Å². The Labute approximate surface area is 111 Å². The number of rotatable bonds is 5. The molecule has 1 heterocycles. The van der Waals surface area contributed by atoms with Gasteiger partial charge in [0.15, 0.2) is 0 Å². The third kappa shape index (κ3) is 4.24. The van der Waals surface area contributed by atoms with E-state index in [2.05, 4.69) is 29.7 Å². The first-order valence-electron chi connectivity index (χ1n) is 6.98. The van der Waals surface area contributed by atoms with Crippen LogP contribution in [0.5, 0.6) is 0 Å². The maximum absolute atomic E-state index is 10.0. The summed E-state index contributed by atoms with van der Waals surface area (Å²) in [4.78, 5) is 4.68. The number of piperazine rings is 1. The molecule has 0 saturated carbocycles. The molecule has 0 aromatic heterocycles. The average molecular weight is 253 g/mol. The minimum Gasteiger partial charge on any atom is -0.389 e. The van der Waals surface area contributed by atoms with E-state index in [0.29, 0.717) is 25.2 Å². The smallest absolute Gasteiger partial charge is 0.0869 e. The molecule has 2 atom stereocenters. The van der Waals surface area contributed by atoms with Gasteiger partial charge in [-0.2, -0.15) is 5.26 Å². The third-order valence-corrected chi connectivity index (χ3v) is 3.73. The second-order valence-electron chi connectivity index (χ2n) is 5.95. The molecule has 1 fully saturated rings. The molecule has 104 valence electrons. The van der Waals surface area contributed by atoms with E-state index in [1.165, 1.54) is 0 Å². The van der Waals surface area contributed by atoms with Gasteiger partial charge in [0, 0.05) is 31.7 Å². The lowest BCUT2D eigenvalue weighted by Crippen LogP contribution is -2.60. The summed E-state index contributed by atoms with van der Waals surface area (Å²) >= 11 is 0. The van der Waals surface area contributed by atoms with Gasteiger partial charge >= 0.3 is 0 Å². The molecule has 18 heavy (non-hydrogen) atoms. The van der Waals surface area contributed by atoms with E-state index >= 15 is 0 Å². The highest BCUT2D eigenvalue weighted by atomic mass is 16.3. The predicted molar refractivity (Wildman–Crippen MR) is 73.2 cm³/mol. The van der Waals surface area contributed by atoms with Crippen LogP contribution < -0.4 is 0 Å². The van der Waals surface area contributed by atoms with Crippen molar-refractivity contribution in [1.82, 2.24) is 9.80 Å². The van der Waals surface area contributed by atoms with E-state index in [-0.39, 0.29) is 0 Å². The van der Waals surface area contributed by atoms with E-state index in [4.69, 9.17) is 5.26 Å². The van der Waals surface area contributed by atoms with Gasteiger partial charge in [-0.15, -0.1) is 0 Å². The van der Waals surface area contributed by atoms with Gasteiger partial charge in [-0.1, -0.05) is 13.8 Å². The number of aliphatic hydroxyl groups is 1. The molecule has 0 aliphatic carbocycles. The highest BCUT2D eigenvalue weighted by molar-refractivity contribution is 4.93. The quantitative estimate of drug-likeness (QED) is 0.754. The minimum atomic E-state index is -0.650. The molecule has 1 rings (SSSR count). The summed E-state index contributed by atoms with van der Waals surface area (Å²) in [6, 6.07) is 3.16. The van der Waals surface area contributed by atoms with Crippen molar-refractivity contribution in [2.24, 2.45) is 0 Å². The van der Waals surface area contributed by atoms with Crippen molar-refractivity contribution in [3.63, 3.8) is 0 Å². The fourth-order valence-corrected chi connectivity index (χ4v) is 2.82. The zero-order valence-corrected chi connectivity index (χ0v) is 12.2. The summed E-state index contributed by atoms with van der Waals surface area (Å²) in [5, 5.41) is 18.9. The van der Waals surface area contributed by atoms with Crippen LogP contribution in [-0.2, 0) is 0 Å². The average Bonchev–Trinajstić information content (AvgIpc) is 2.28. The lowest BCUT2D eigenvalue weighted by molar-refractivity contribution is -0.0263. The van der Waals surface area contributed by atoms with E-state index in [1.54, 1.807) is 0 Å². The van der Waals surface area contributed by atoms with Crippen molar-refractivity contribution >= 4 is 0 Å². The van der Waals surface area contributed by atoms with Crippen LogP contribution in [-0.4, -0.2) is 58.8 Å². The Morgan fingerprint density at radius 3 is 2.11 bits per heavy atom. The molecule has 1 aliphatic heterocycles. The van der Waals surface area contributed by atoms with Crippen LogP contribution in [0, 0.1) is 11.3 Å². The van der Waals surface area contributed by atoms with Crippen LogP contribution in [0.2, 0.25) is 0 Å². The van der Waals surface area contributed by atoms with E-state index < -0.39 is 5.60 Å². The van der Waals surface area contributed by atoms with Crippen molar-refractivity contribution in [2.45, 2.75) is 58.2 Å². The molecular formula is C14H27N3O. The Morgan fingerprint density at radius 1 is 1.17 bits per heavy atom. The molecule has 0 bridgehead atoms. The molecule has 0 unspecified atom stereocenters. The predicted octanol–water partition coefficient (Wildman–Crippen LogP) is 1.46. The Bertz CT molecular complexity index is 292. The monoisotopic (exact) mass is 253 g/mol. The van der Waals surface area contributed by atoms with E-state index in [9.17, 15) is 5.11 Å². The number of β-amino-alcohol motifs (C(OH)–C–C–N with tert-alkyl or cyclic N) is 1. The Balaban J connectivity index is 2.72. The van der Waals surface area contributed by atoms with Gasteiger partial charge in [0.1, 0.15) is 0 Å². The zero-order chi connectivity index (χ0) is 13.8. The Hall–Kier alpha value is -0.630. The molecular weight excluding hydrogens is 226 g/mol. The summed E-state index contributed by atoms with van der Waals surface area (Å²) in [6.45, 7) is 11.2. The first-order valence-corrected chi connectivity index (χ1v) is 6.98. The van der Waals surface area contributed by atoms with Crippen LogP contribution in [0.25, 0.3) is 0 Å². The molecule has 4 nitrogen and oxygen atoms in total. The lowest BCUT2D eigenvalue weighted by Gasteiger charge is -2.47. The lowest BCUT2D eigenvalue weighted by atomic mass is 9.99. The first kappa shape index (κ1) is 15.4. The van der Waals surface area contributed by atoms with Gasteiger partial charge in [-0.25, -0.2) is 0 Å². The molecule has 0 spiro atoms. The van der Waals surface area contributed by atoms with Gasteiger partial charge in [0.05, 0.1) is 18.2 Å². The first-order chi connectivity index (χ1) is 8.41. The summed E-state index contributed by atoms with van der Waals surface area (Å²) in [6.07, 6.45) is 2.12. The zero-order valence-electron chi connectivity index (χ0n) is 12.2. The second kappa shape index (κ2) is 6.51.